The summed E-state index contributed by atoms with van der Waals surface area (Å²) in [5.41, 5.74) is 6.00. The fourth-order valence-electron chi connectivity index (χ4n) is 1.05. The summed E-state index contributed by atoms with van der Waals surface area (Å²) >= 11 is 0. The van der Waals surface area contributed by atoms with Gasteiger partial charge in [-0.3, -0.25) is 0 Å². The third-order valence-electron chi connectivity index (χ3n) is 2.64. The maximum Gasteiger partial charge on any atom is -0.00514 e. The molecule has 2 atom stereocenters. The largest absolute Gasteiger partial charge is 0.330 e. The summed E-state index contributed by atoms with van der Waals surface area (Å²) < 4.78 is 0. The van der Waals surface area contributed by atoms with Gasteiger partial charge in [0.05, 0.1) is 0 Å². The zero-order valence-electron chi connectivity index (χ0n) is 8.65. The summed E-state index contributed by atoms with van der Waals surface area (Å²) in [4.78, 5) is 0. The predicted molar refractivity (Wildman–Crippen MR) is 51.5 cm³/mol. The van der Waals surface area contributed by atoms with Crippen LogP contribution >= 0.6 is 0 Å². The third-order valence-corrected chi connectivity index (χ3v) is 2.64. The molecular formula is C10H23N. The van der Waals surface area contributed by atoms with Gasteiger partial charge in [-0.25, -0.2) is 0 Å². The van der Waals surface area contributed by atoms with Crippen LogP contribution in [0.15, 0.2) is 0 Å². The highest BCUT2D eigenvalue weighted by molar-refractivity contribution is 4.72. The molecule has 0 fully saturated rings. The Balaban J connectivity index is 3.77. The number of hydrogen-bond donors (Lipinski definition) is 1. The second-order valence-corrected chi connectivity index (χ2v) is 4.84. The van der Waals surface area contributed by atoms with E-state index < -0.39 is 0 Å². The molecule has 0 aliphatic carbocycles. The van der Waals surface area contributed by atoms with Crippen LogP contribution in [0.25, 0.3) is 0 Å². The van der Waals surface area contributed by atoms with Crippen molar-refractivity contribution in [3.05, 3.63) is 0 Å². The normalized spacial score (nSPS) is 18.0. The van der Waals surface area contributed by atoms with Crippen molar-refractivity contribution in [3.63, 3.8) is 0 Å². The molecule has 2 unspecified atom stereocenters. The van der Waals surface area contributed by atoms with Gasteiger partial charge in [-0.1, -0.05) is 34.6 Å². The van der Waals surface area contributed by atoms with E-state index in [2.05, 4.69) is 34.6 Å². The first-order valence-corrected chi connectivity index (χ1v) is 4.58. The molecule has 0 saturated carbocycles. The molecule has 0 aliphatic rings. The summed E-state index contributed by atoms with van der Waals surface area (Å²) in [5, 5.41) is 0. The molecule has 0 bridgehead atoms. The minimum absolute atomic E-state index is 0.434. The molecular weight excluding hydrogens is 134 g/mol. The molecule has 1 heteroatoms. The van der Waals surface area contributed by atoms with Gasteiger partial charge in [0.25, 0.3) is 0 Å². The number of hydrogen-bond acceptors (Lipinski definition) is 1. The van der Waals surface area contributed by atoms with Crippen LogP contribution in [0.5, 0.6) is 0 Å². The lowest BCUT2D eigenvalue weighted by atomic mass is 9.77. The van der Waals surface area contributed by atoms with Gasteiger partial charge >= 0.3 is 0 Å². The second-order valence-electron chi connectivity index (χ2n) is 4.84. The highest BCUT2D eigenvalue weighted by Gasteiger charge is 2.21. The Morgan fingerprint density at radius 3 is 1.91 bits per heavy atom. The van der Waals surface area contributed by atoms with Crippen LogP contribution in [0, 0.1) is 17.3 Å². The summed E-state index contributed by atoms with van der Waals surface area (Å²) in [6.45, 7) is 12.2. The fraction of sp³-hybridized carbons (Fsp3) is 1.00. The average molecular weight is 157 g/mol. The molecule has 0 spiro atoms. The minimum atomic E-state index is 0.434. The van der Waals surface area contributed by atoms with E-state index in [9.17, 15) is 0 Å². The summed E-state index contributed by atoms with van der Waals surface area (Å²) in [7, 11) is 0. The number of nitrogens with two attached hydrogens (primary N) is 1. The van der Waals surface area contributed by atoms with Gasteiger partial charge in [0.15, 0.2) is 0 Å². The van der Waals surface area contributed by atoms with Gasteiger partial charge in [0.1, 0.15) is 0 Å². The quantitative estimate of drug-likeness (QED) is 0.669. The van der Waals surface area contributed by atoms with E-state index in [0.29, 0.717) is 11.3 Å². The van der Waals surface area contributed by atoms with Gasteiger partial charge in [0.2, 0.25) is 0 Å². The van der Waals surface area contributed by atoms with Crippen LogP contribution < -0.4 is 5.73 Å². The van der Waals surface area contributed by atoms with Crippen molar-refractivity contribution in [2.75, 3.05) is 6.54 Å². The summed E-state index contributed by atoms with van der Waals surface area (Å²) in [6, 6.07) is 0. The molecule has 0 rings (SSSR count). The minimum Gasteiger partial charge on any atom is -0.330 e. The molecule has 0 radical (unpaired) electrons. The molecule has 0 heterocycles. The lowest BCUT2D eigenvalue weighted by molar-refractivity contribution is 0.221. The fourth-order valence-corrected chi connectivity index (χ4v) is 1.05. The van der Waals surface area contributed by atoms with Gasteiger partial charge < -0.3 is 5.73 Å². The second kappa shape index (κ2) is 4.10. The van der Waals surface area contributed by atoms with Crippen molar-refractivity contribution in [2.24, 2.45) is 23.0 Å². The smallest absolute Gasteiger partial charge is 0.00514 e. The zero-order valence-corrected chi connectivity index (χ0v) is 8.65. The molecule has 2 N–H and O–H groups in total. The summed E-state index contributed by atoms with van der Waals surface area (Å²) in [6.07, 6.45) is 1.25. The predicted octanol–water partition coefficient (Wildman–Crippen LogP) is 2.65. The van der Waals surface area contributed by atoms with Crippen LogP contribution in [-0.2, 0) is 0 Å². The van der Waals surface area contributed by atoms with Gasteiger partial charge in [-0.05, 0) is 30.2 Å². The van der Waals surface area contributed by atoms with Crippen LogP contribution in [0.3, 0.4) is 0 Å². The van der Waals surface area contributed by atoms with Crippen LogP contribution in [-0.4, -0.2) is 6.54 Å². The maximum absolute atomic E-state index is 5.56. The molecule has 11 heavy (non-hydrogen) atoms. The van der Waals surface area contributed by atoms with E-state index in [-0.39, 0.29) is 0 Å². The Kier molecular flexibility index (Phi) is 4.09. The molecule has 0 amide bonds. The lowest BCUT2D eigenvalue weighted by Crippen LogP contribution is -2.22. The molecule has 0 aromatic carbocycles. The van der Waals surface area contributed by atoms with E-state index in [4.69, 9.17) is 5.73 Å². The van der Waals surface area contributed by atoms with Crippen molar-refractivity contribution in [3.8, 4) is 0 Å². The standard InChI is InChI=1S/C10H23N/c1-8(7-11)6-9(2)10(3,4)5/h8-9H,6-7,11H2,1-5H3. The molecule has 0 aromatic rings. The first-order valence-electron chi connectivity index (χ1n) is 4.58. The summed E-state index contributed by atoms with van der Waals surface area (Å²) in [5.74, 6) is 1.44. The van der Waals surface area contributed by atoms with Crippen LogP contribution in [0.4, 0.5) is 0 Å². The lowest BCUT2D eigenvalue weighted by Gasteiger charge is -2.29. The highest BCUT2D eigenvalue weighted by atomic mass is 14.5. The van der Waals surface area contributed by atoms with Crippen molar-refractivity contribution in [2.45, 2.75) is 41.0 Å². The highest BCUT2D eigenvalue weighted by Crippen LogP contribution is 2.30. The average Bonchev–Trinajstić information content (AvgIpc) is 1.85. The van der Waals surface area contributed by atoms with E-state index in [0.717, 1.165) is 12.5 Å². The van der Waals surface area contributed by atoms with E-state index in [1.165, 1.54) is 6.42 Å². The van der Waals surface area contributed by atoms with E-state index in [1.54, 1.807) is 0 Å². The van der Waals surface area contributed by atoms with Crippen molar-refractivity contribution < 1.29 is 0 Å². The zero-order chi connectivity index (χ0) is 9.07. The maximum atomic E-state index is 5.56. The van der Waals surface area contributed by atoms with Crippen molar-refractivity contribution in [1.82, 2.24) is 0 Å². The SMILES string of the molecule is CC(CN)CC(C)C(C)(C)C. The monoisotopic (exact) mass is 157 g/mol. The number of rotatable bonds is 3. The third kappa shape index (κ3) is 4.41. The van der Waals surface area contributed by atoms with Gasteiger partial charge in [-0.2, -0.15) is 0 Å². The first-order chi connectivity index (χ1) is 4.88. The van der Waals surface area contributed by atoms with Crippen molar-refractivity contribution in [1.29, 1.82) is 0 Å². The van der Waals surface area contributed by atoms with Gasteiger partial charge in [-0.15, -0.1) is 0 Å². The van der Waals surface area contributed by atoms with E-state index >= 15 is 0 Å². The van der Waals surface area contributed by atoms with Crippen LogP contribution in [0.2, 0.25) is 0 Å². The van der Waals surface area contributed by atoms with Gasteiger partial charge in [0, 0.05) is 0 Å². The Labute approximate surface area is 71.4 Å². The van der Waals surface area contributed by atoms with E-state index in [1.807, 2.05) is 0 Å². The van der Waals surface area contributed by atoms with Crippen molar-refractivity contribution >= 4 is 0 Å². The topological polar surface area (TPSA) is 26.0 Å². The molecule has 0 saturated heterocycles. The van der Waals surface area contributed by atoms with Crippen LogP contribution in [0.1, 0.15) is 41.0 Å². The first kappa shape index (κ1) is 11.0. The molecule has 1 nitrogen and oxygen atoms in total. The molecule has 0 aromatic heterocycles. The Bertz CT molecular complexity index is 102. The molecule has 0 aliphatic heterocycles. The Morgan fingerprint density at radius 1 is 1.18 bits per heavy atom. The Hall–Kier alpha value is -0.0400. The Morgan fingerprint density at radius 2 is 1.64 bits per heavy atom. The molecule has 68 valence electrons.